The number of hydrogen-bond acceptors (Lipinski definition) is 4. The minimum absolute atomic E-state index is 0.0981. The van der Waals surface area contributed by atoms with Crippen molar-refractivity contribution in [1.29, 1.82) is 0 Å². The Kier molecular flexibility index (Phi) is 5.11. The first-order valence-electron chi connectivity index (χ1n) is 5.99. The number of ether oxygens (including phenoxy) is 1. The number of urea groups is 1. The van der Waals surface area contributed by atoms with Gasteiger partial charge in [0.1, 0.15) is 6.54 Å². The molecular weight excluding hydrogens is 254 g/mol. The third-order valence-corrected chi connectivity index (χ3v) is 3.13. The first-order valence-corrected chi connectivity index (χ1v) is 5.99. The van der Waals surface area contributed by atoms with Crippen LogP contribution >= 0.6 is 0 Å². The van der Waals surface area contributed by atoms with Crippen LogP contribution in [0.3, 0.4) is 0 Å². The zero-order chi connectivity index (χ0) is 14.5. The molecule has 0 bridgehead atoms. The summed E-state index contributed by atoms with van der Waals surface area (Å²) in [5.41, 5.74) is -0.457. The number of carbonyl (C=O) groups is 3. The van der Waals surface area contributed by atoms with E-state index >= 15 is 0 Å². The number of amides is 3. The van der Waals surface area contributed by atoms with Gasteiger partial charge in [0, 0.05) is 6.61 Å². The summed E-state index contributed by atoms with van der Waals surface area (Å²) in [6.07, 6.45) is 0.603. The predicted octanol–water partition coefficient (Wildman–Crippen LogP) is -0.946. The van der Waals surface area contributed by atoms with Crippen LogP contribution in [0.15, 0.2) is 0 Å². The van der Waals surface area contributed by atoms with Crippen molar-refractivity contribution >= 4 is 17.9 Å². The molecule has 0 saturated carbocycles. The standard InChI is InChI=1S/C11H19N3O5/c1-7-11(2,3-4-19-7)14-10(18)13-5-8(15)12-6-9(16)17/h7H,3-6H2,1-2H3,(H,12,15)(H,16,17)(H2,13,14,18). The number of aliphatic carboxylic acids is 1. The van der Waals surface area contributed by atoms with Crippen LogP contribution in [0.2, 0.25) is 0 Å². The van der Waals surface area contributed by atoms with Crippen molar-refractivity contribution in [3.05, 3.63) is 0 Å². The van der Waals surface area contributed by atoms with Gasteiger partial charge in [-0.15, -0.1) is 0 Å². The summed E-state index contributed by atoms with van der Waals surface area (Å²) in [6, 6.07) is -0.481. The number of carboxylic acid groups (broad SMARTS) is 1. The molecule has 3 amide bonds. The fourth-order valence-electron chi connectivity index (χ4n) is 1.70. The van der Waals surface area contributed by atoms with Gasteiger partial charge < -0.3 is 25.8 Å². The van der Waals surface area contributed by atoms with Crippen molar-refractivity contribution in [3.8, 4) is 0 Å². The molecule has 0 aromatic heterocycles. The molecule has 4 N–H and O–H groups in total. The van der Waals surface area contributed by atoms with Crippen LogP contribution in [0.4, 0.5) is 4.79 Å². The van der Waals surface area contributed by atoms with Gasteiger partial charge in [0.25, 0.3) is 0 Å². The first-order chi connectivity index (χ1) is 8.83. The maximum Gasteiger partial charge on any atom is 0.322 e. The summed E-state index contributed by atoms with van der Waals surface area (Å²) in [5.74, 6) is -1.69. The topological polar surface area (TPSA) is 117 Å². The van der Waals surface area contributed by atoms with Crippen LogP contribution in [-0.4, -0.2) is 54.4 Å². The summed E-state index contributed by atoms with van der Waals surface area (Å²) in [5, 5.41) is 15.6. The summed E-state index contributed by atoms with van der Waals surface area (Å²) < 4.78 is 5.37. The van der Waals surface area contributed by atoms with Crippen molar-refractivity contribution in [2.24, 2.45) is 0 Å². The molecule has 0 spiro atoms. The molecule has 0 aliphatic carbocycles. The van der Waals surface area contributed by atoms with Gasteiger partial charge in [0.15, 0.2) is 0 Å². The van der Waals surface area contributed by atoms with E-state index in [0.717, 1.165) is 0 Å². The van der Waals surface area contributed by atoms with E-state index in [1.807, 2.05) is 13.8 Å². The number of nitrogens with one attached hydrogen (secondary N) is 3. The lowest BCUT2D eigenvalue weighted by molar-refractivity contribution is -0.137. The molecule has 8 heteroatoms. The van der Waals surface area contributed by atoms with E-state index in [4.69, 9.17) is 9.84 Å². The Morgan fingerprint density at radius 2 is 2.00 bits per heavy atom. The molecule has 1 aliphatic heterocycles. The zero-order valence-electron chi connectivity index (χ0n) is 11.0. The molecule has 0 aromatic rings. The van der Waals surface area contributed by atoms with Gasteiger partial charge in [0.2, 0.25) is 5.91 Å². The van der Waals surface area contributed by atoms with E-state index in [1.54, 1.807) is 0 Å². The van der Waals surface area contributed by atoms with Crippen molar-refractivity contribution in [3.63, 3.8) is 0 Å². The molecule has 0 radical (unpaired) electrons. The van der Waals surface area contributed by atoms with Crippen LogP contribution in [0.25, 0.3) is 0 Å². The van der Waals surface area contributed by atoms with E-state index in [-0.39, 0.29) is 12.6 Å². The monoisotopic (exact) mass is 273 g/mol. The molecule has 108 valence electrons. The molecule has 1 saturated heterocycles. The van der Waals surface area contributed by atoms with E-state index in [1.165, 1.54) is 0 Å². The maximum atomic E-state index is 11.6. The fourth-order valence-corrected chi connectivity index (χ4v) is 1.70. The molecule has 2 unspecified atom stereocenters. The Morgan fingerprint density at radius 3 is 2.53 bits per heavy atom. The summed E-state index contributed by atoms with van der Waals surface area (Å²) in [6.45, 7) is 3.58. The van der Waals surface area contributed by atoms with Gasteiger partial charge in [-0.1, -0.05) is 0 Å². The van der Waals surface area contributed by atoms with Gasteiger partial charge in [-0.3, -0.25) is 9.59 Å². The highest BCUT2D eigenvalue weighted by molar-refractivity contribution is 5.86. The highest BCUT2D eigenvalue weighted by Gasteiger charge is 2.38. The number of rotatable bonds is 5. The Hall–Kier alpha value is -1.83. The number of carbonyl (C=O) groups excluding carboxylic acids is 2. The largest absolute Gasteiger partial charge is 0.480 e. The third kappa shape index (κ3) is 4.74. The highest BCUT2D eigenvalue weighted by Crippen LogP contribution is 2.24. The molecule has 19 heavy (non-hydrogen) atoms. The second-order valence-electron chi connectivity index (χ2n) is 4.66. The Morgan fingerprint density at radius 1 is 1.32 bits per heavy atom. The van der Waals surface area contributed by atoms with Gasteiger partial charge in [-0.25, -0.2) is 4.79 Å². The normalized spacial score (nSPS) is 25.7. The second-order valence-corrected chi connectivity index (χ2v) is 4.66. The lowest BCUT2D eigenvalue weighted by atomic mass is 9.95. The molecular formula is C11H19N3O5. The minimum Gasteiger partial charge on any atom is -0.480 e. The summed E-state index contributed by atoms with van der Waals surface area (Å²) >= 11 is 0. The van der Waals surface area contributed by atoms with Crippen LogP contribution < -0.4 is 16.0 Å². The summed E-state index contributed by atoms with van der Waals surface area (Å²) in [4.78, 5) is 33.0. The minimum atomic E-state index is -1.14. The number of hydrogen-bond donors (Lipinski definition) is 4. The van der Waals surface area contributed by atoms with E-state index in [0.29, 0.717) is 13.0 Å². The molecule has 1 fully saturated rings. The van der Waals surface area contributed by atoms with Gasteiger partial charge >= 0.3 is 12.0 Å². The SMILES string of the molecule is CC1OCCC1(C)NC(=O)NCC(=O)NCC(=O)O. The molecule has 1 heterocycles. The van der Waals surface area contributed by atoms with E-state index in [2.05, 4.69) is 16.0 Å². The fraction of sp³-hybridized carbons (Fsp3) is 0.727. The van der Waals surface area contributed by atoms with Crippen molar-refractivity contribution in [2.45, 2.75) is 31.9 Å². The van der Waals surface area contributed by atoms with Crippen molar-refractivity contribution < 1.29 is 24.2 Å². The Labute approximate surface area is 110 Å². The van der Waals surface area contributed by atoms with Gasteiger partial charge in [-0.05, 0) is 20.3 Å². The maximum absolute atomic E-state index is 11.6. The van der Waals surface area contributed by atoms with Gasteiger partial charge in [0.05, 0.1) is 18.2 Å². The lowest BCUT2D eigenvalue weighted by Crippen LogP contribution is -2.55. The second kappa shape index (κ2) is 6.37. The average Bonchev–Trinajstić information content (AvgIpc) is 2.64. The number of carboxylic acids is 1. The smallest absolute Gasteiger partial charge is 0.322 e. The van der Waals surface area contributed by atoms with Crippen LogP contribution in [0.5, 0.6) is 0 Å². The van der Waals surface area contributed by atoms with Crippen molar-refractivity contribution in [1.82, 2.24) is 16.0 Å². The molecule has 0 aromatic carbocycles. The molecule has 1 rings (SSSR count). The van der Waals surface area contributed by atoms with Crippen molar-refractivity contribution in [2.75, 3.05) is 19.7 Å². The quantitative estimate of drug-likeness (QED) is 0.515. The van der Waals surface area contributed by atoms with Crippen LogP contribution in [-0.2, 0) is 14.3 Å². The zero-order valence-corrected chi connectivity index (χ0v) is 11.0. The average molecular weight is 273 g/mol. The van der Waals surface area contributed by atoms with Crippen LogP contribution in [0, 0.1) is 0 Å². The lowest BCUT2D eigenvalue weighted by Gasteiger charge is -2.28. The predicted molar refractivity (Wildman–Crippen MR) is 65.6 cm³/mol. The molecule has 1 aliphatic rings. The molecule has 2 atom stereocenters. The van der Waals surface area contributed by atoms with Gasteiger partial charge in [-0.2, -0.15) is 0 Å². The Balaban J connectivity index is 2.28. The van der Waals surface area contributed by atoms with Crippen LogP contribution in [0.1, 0.15) is 20.3 Å². The highest BCUT2D eigenvalue weighted by atomic mass is 16.5. The third-order valence-electron chi connectivity index (χ3n) is 3.13. The summed E-state index contributed by atoms with van der Waals surface area (Å²) in [7, 11) is 0. The molecule has 8 nitrogen and oxygen atoms in total. The van der Waals surface area contributed by atoms with E-state index < -0.39 is 30.0 Å². The first kappa shape index (κ1) is 15.2. The van der Waals surface area contributed by atoms with E-state index in [9.17, 15) is 14.4 Å². The Bertz CT molecular complexity index is 373.